The van der Waals surface area contributed by atoms with E-state index in [0.717, 1.165) is 0 Å². The summed E-state index contributed by atoms with van der Waals surface area (Å²) in [6, 6.07) is 0. The summed E-state index contributed by atoms with van der Waals surface area (Å²) in [5.74, 6) is 0. The van der Waals surface area contributed by atoms with Crippen molar-refractivity contribution in [3.63, 3.8) is 0 Å². The van der Waals surface area contributed by atoms with Crippen molar-refractivity contribution in [2.45, 2.75) is 0 Å². The fourth-order valence-electron chi connectivity index (χ4n) is 0. The fourth-order valence-corrected chi connectivity index (χ4v) is 0. The van der Waals surface area contributed by atoms with Gasteiger partial charge in [-0.05, 0) is 0 Å². The Morgan fingerprint density at radius 1 is 0.375 bits per heavy atom. The van der Waals surface area contributed by atoms with Crippen LogP contribution in [0.2, 0.25) is 0 Å². The number of nitrogens with zero attached hydrogens (tertiary/aromatic N) is 6. The molecule has 72 valence electrons. The molecule has 10 heteroatoms. The molecule has 0 N–H and O–H groups in total. The minimum absolute atomic E-state index is 0. The monoisotopic (exact) mass is 330 g/mol. The van der Waals surface area contributed by atoms with Crippen LogP contribution in [0.15, 0.2) is 0 Å². The molecular weight excluding hydrogens is 330 g/mol. The van der Waals surface area contributed by atoms with Crippen LogP contribution >= 0.6 is 0 Å². The van der Waals surface area contributed by atoms with Crippen molar-refractivity contribution in [1.82, 2.24) is 0 Å². The van der Waals surface area contributed by atoms with E-state index >= 15 is 0 Å². The van der Waals surface area contributed by atoms with Crippen LogP contribution in [-0.2, 0) is 34.1 Å². The molecule has 0 saturated carbocycles. The van der Waals surface area contributed by atoms with E-state index in [1.807, 2.05) is 0 Å². The molecule has 0 spiro atoms. The van der Waals surface area contributed by atoms with Gasteiger partial charge < -0.3 is 71.0 Å². The van der Waals surface area contributed by atoms with Crippen LogP contribution in [0.3, 0.4) is 0 Å². The quantitative estimate of drug-likeness (QED) is 0.320. The molecule has 0 aromatic heterocycles. The number of rotatable bonds is 0. The molecule has 0 fully saturated rings. The van der Waals surface area contributed by atoms with E-state index in [4.69, 9.17) is 71.0 Å². The van der Waals surface area contributed by atoms with Gasteiger partial charge in [0.25, 0.3) is 0 Å². The van der Waals surface area contributed by atoms with Crippen molar-refractivity contribution in [3.05, 3.63) is 39.4 Å². The van der Waals surface area contributed by atoms with E-state index in [1.165, 1.54) is 0 Å². The Morgan fingerprint density at radius 3 is 0.375 bits per heavy atom. The third-order valence-corrected chi connectivity index (χ3v) is 0. The van der Waals surface area contributed by atoms with Gasteiger partial charge in [-0.15, -0.1) is 0 Å². The van der Waals surface area contributed by atoms with Crippen molar-refractivity contribution in [3.8, 4) is 0 Å². The van der Waals surface area contributed by atoms with Gasteiger partial charge in [-0.25, -0.2) is 0 Å². The molecule has 0 unspecified atom stereocenters. The smallest absolute Gasteiger partial charge is 0.512 e. The van der Waals surface area contributed by atoms with Crippen molar-refractivity contribution >= 4 is 0 Å². The molecular formula is C6Fe2KN6Na. The Hall–Kier alpha value is 0.615. The van der Waals surface area contributed by atoms with Gasteiger partial charge in [0.05, 0.1) is 0 Å². The normalized spacial score (nSPS) is 0.750. The first kappa shape index (κ1) is 92.6. The van der Waals surface area contributed by atoms with Crippen molar-refractivity contribution in [2.75, 3.05) is 0 Å². The van der Waals surface area contributed by atoms with Crippen LogP contribution in [0.25, 0.3) is 0 Å². The molecule has 0 aliphatic heterocycles. The van der Waals surface area contributed by atoms with E-state index in [0.29, 0.717) is 0 Å². The van der Waals surface area contributed by atoms with Gasteiger partial charge in [0, 0.05) is 0 Å². The zero-order valence-corrected chi connectivity index (χ0v) is 15.7. The van der Waals surface area contributed by atoms with E-state index in [2.05, 4.69) is 0 Å². The minimum atomic E-state index is 0. The van der Waals surface area contributed by atoms with Gasteiger partial charge in [-0.3, -0.25) is 0 Å². The fraction of sp³-hybridized carbons (Fsp3) is 0. The summed E-state index contributed by atoms with van der Waals surface area (Å²) < 4.78 is 0. The third kappa shape index (κ3) is 7160. The van der Waals surface area contributed by atoms with Crippen LogP contribution in [0, 0.1) is 71.0 Å². The largest absolute Gasteiger partial charge is 2.00 e. The second kappa shape index (κ2) is 8810. The molecule has 0 aliphatic rings. The summed E-state index contributed by atoms with van der Waals surface area (Å²) >= 11 is 0. The van der Waals surface area contributed by atoms with Crippen molar-refractivity contribution in [1.29, 1.82) is 31.6 Å². The van der Waals surface area contributed by atoms with Gasteiger partial charge in [0.2, 0.25) is 0 Å². The first-order valence-corrected chi connectivity index (χ1v) is 1.34. The van der Waals surface area contributed by atoms with Crippen molar-refractivity contribution in [2.24, 2.45) is 0 Å². The first-order chi connectivity index (χ1) is 6.00. The average Bonchev–Trinajstić information content (AvgIpc) is 2.33. The maximum absolute atomic E-state index is 6.25. The molecule has 0 aromatic rings. The molecule has 0 amide bonds. The zero-order chi connectivity index (χ0) is 12.0. The van der Waals surface area contributed by atoms with Crippen molar-refractivity contribution < 1.29 is 115 Å². The Balaban J connectivity index is -0.00000000321. The van der Waals surface area contributed by atoms with Gasteiger partial charge in [0.1, 0.15) is 0 Å². The number of hydrogen-bond acceptors (Lipinski definition) is 6. The van der Waals surface area contributed by atoms with E-state index in [9.17, 15) is 0 Å². The zero-order valence-electron chi connectivity index (χ0n) is 8.39. The molecule has 0 radical (unpaired) electrons. The molecule has 0 aliphatic carbocycles. The molecule has 16 heavy (non-hydrogen) atoms. The Morgan fingerprint density at radius 2 is 0.375 bits per heavy atom. The van der Waals surface area contributed by atoms with E-state index < -0.39 is 0 Å². The molecule has 0 heterocycles. The minimum Gasteiger partial charge on any atom is -0.512 e. The van der Waals surface area contributed by atoms with Crippen LogP contribution in [-0.4, -0.2) is 0 Å². The maximum atomic E-state index is 6.25. The Bertz CT molecular complexity index is 106. The van der Waals surface area contributed by atoms with Crippen LogP contribution in [0.1, 0.15) is 0 Å². The third-order valence-electron chi connectivity index (χ3n) is 0. The summed E-state index contributed by atoms with van der Waals surface area (Å²) in [6.07, 6.45) is 0. The Labute approximate surface area is 182 Å². The summed E-state index contributed by atoms with van der Waals surface area (Å²) in [4.78, 5) is 0. The Kier molecular flexibility index (Phi) is 51000. The topological polar surface area (TPSA) is 143 Å². The molecule has 0 rings (SSSR count). The van der Waals surface area contributed by atoms with E-state index in [1.54, 1.807) is 0 Å². The predicted molar refractivity (Wildman–Crippen MR) is 29.8 cm³/mol. The van der Waals surface area contributed by atoms with Gasteiger partial charge in [0.15, 0.2) is 0 Å². The van der Waals surface area contributed by atoms with Gasteiger partial charge in [-0.1, -0.05) is 0 Å². The SMILES string of the molecule is [C-]#N.[C-]#N.[C-]#N.[C-]#N.[C-]#N.[C-]#N.[Fe+2].[Fe+2].[K+].[Na+]. The van der Waals surface area contributed by atoms with Gasteiger partial charge >= 0.3 is 115 Å². The summed E-state index contributed by atoms with van der Waals surface area (Å²) in [5.41, 5.74) is 0. The number of hydrogen-bond donors (Lipinski definition) is 0. The summed E-state index contributed by atoms with van der Waals surface area (Å²) in [6.45, 7) is 28.5. The molecule has 0 aromatic carbocycles. The van der Waals surface area contributed by atoms with Crippen LogP contribution in [0.5, 0.6) is 0 Å². The molecule has 0 atom stereocenters. The van der Waals surface area contributed by atoms with Crippen LogP contribution < -0.4 is 80.9 Å². The first-order valence-electron chi connectivity index (χ1n) is 1.34. The molecule has 6 nitrogen and oxygen atoms in total. The molecule has 0 bridgehead atoms. The second-order valence-electron chi connectivity index (χ2n) is 0. The van der Waals surface area contributed by atoms with E-state index in [-0.39, 0.29) is 115 Å². The average molecular weight is 330 g/mol. The van der Waals surface area contributed by atoms with Gasteiger partial charge in [-0.2, -0.15) is 0 Å². The second-order valence-corrected chi connectivity index (χ2v) is 0. The standard InChI is InChI=1S/6CN.2Fe.K.Na/c6*1-2;;;;/q6*-1;2*+2;2*+1. The predicted octanol–water partition coefficient (Wildman–Crippen LogP) is -5.42. The maximum Gasteiger partial charge on any atom is 2.00 e. The van der Waals surface area contributed by atoms with Crippen LogP contribution in [0.4, 0.5) is 0 Å². The summed E-state index contributed by atoms with van der Waals surface area (Å²) in [5, 5.41) is 37.5. The molecule has 0 saturated heterocycles. The summed E-state index contributed by atoms with van der Waals surface area (Å²) in [7, 11) is 0.